The van der Waals surface area contributed by atoms with Crippen molar-refractivity contribution >= 4 is 17.8 Å². The van der Waals surface area contributed by atoms with Crippen LogP contribution in [0.25, 0.3) is 0 Å². The van der Waals surface area contributed by atoms with Crippen LogP contribution < -0.4 is 5.32 Å². The Balaban J connectivity index is 2.32. The molecule has 19 heavy (non-hydrogen) atoms. The molecule has 0 spiro atoms. The first-order valence-electron chi connectivity index (χ1n) is 6.76. The largest absolute Gasteiger partial charge is 0.465 e. The van der Waals surface area contributed by atoms with Gasteiger partial charge in [0.15, 0.2) is 0 Å². The van der Waals surface area contributed by atoms with Crippen LogP contribution in [-0.4, -0.2) is 37.6 Å². The molecule has 0 radical (unpaired) electrons. The van der Waals surface area contributed by atoms with Crippen LogP contribution in [0.2, 0.25) is 0 Å². The molecule has 0 aliphatic carbocycles. The molecule has 1 amide bonds. The van der Waals surface area contributed by atoms with Crippen LogP contribution >= 0.6 is 0 Å². The maximum absolute atomic E-state index is 11.4. The Hall–Kier alpha value is -1.59. The SMILES string of the molecule is O=C1CCOC(=O)CCOC(=O)CCCCCCN1. The van der Waals surface area contributed by atoms with Crippen molar-refractivity contribution in [3.63, 3.8) is 0 Å². The average molecular weight is 271 g/mol. The summed E-state index contributed by atoms with van der Waals surface area (Å²) in [6.07, 6.45) is 4.16. The van der Waals surface area contributed by atoms with Gasteiger partial charge in [-0.3, -0.25) is 14.4 Å². The summed E-state index contributed by atoms with van der Waals surface area (Å²) in [5.41, 5.74) is 0. The fraction of sp³-hybridized carbons (Fsp3) is 0.769. The zero-order valence-electron chi connectivity index (χ0n) is 11.1. The minimum Gasteiger partial charge on any atom is -0.465 e. The van der Waals surface area contributed by atoms with Gasteiger partial charge in [-0.05, 0) is 12.8 Å². The first kappa shape index (κ1) is 15.5. The van der Waals surface area contributed by atoms with Crippen LogP contribution in [0.1, 0.15) is 44.9 Å². The first-order chi connectivity index (χ1) is 9.18. The third-order valence-electron chi connectivity index (χ3n) is 2.79. The number of esters is 2. The minimum absolute atomic E-state index is 0.0351. The van der Waals surface area contributed by atoms with Gasteiger partial charge in [-0.2, -0.15) is 0 Å². The molecular weight excluding hydrogens is 250 g/mol. The molecule has 0 aromatic rings. The summed E-state index contributed by atoms with van der Waals surface area (Å²) in [6.45, 7) is 0.736. The smallest absolute Gasteiger partial charge is 0.309 e. The van der Waals surface area contributed by atoms with Crippen molar-refractivity contribution in [1.29, 1.82) is 0 Å². The van der Waals surface area contributed by atoms with Crippen molar-refractivity contribution in [1.82, 2.24) is 5.32 Å². The minimum atomic E-state index is -0.451. The Morgan fingerprint density at radius 2 is 1.37 bits per heavy atom. The van der Waals surface area contributed by atoms with Gasteiger partial charge in [-0.1, -0.05) is 12.8 Å². The summed E-state index contributed by atoms with van der Waals surface area (Å²) >= 11 is 0. The highest BCUT2D eigenvalue weighted by Crippen LogP contribution is 2.04. The Bertz CT molecular complexity index is 288. The van der Waals surface area contributed by atoms with Crippen molar-refractivity contribution in [3.05, 3.63) is 0 Å². The Morgan fingerprint density at radius 3 is 2.16 bits per heavy atom. The van der Waals surface area contributed by atoms with Crippen LogP contribution in [0, 0.1) is 0 Å². The zero-order chi connectivity index (χ0) is 13.9. The highest BCUT2D eigenvalue weighted by molar-refractivity contribution is 5.76. The van der Waals surface area contributed by atoms with Gasteiger partial charge in [0.2, 0.25) is 5.91 Å². The number of nitrogens with one attached hydrogen (secondary N) is 1. The van der Waals surface area contributed by atoms with Crippen LogP contribution in [0.5, 0.6) is 0 Å². The second-order valence-electron chi connectivity index (χ2n) is 4.46. The normalized spacial score (nSPS) is 21.2. The molecule has 1 aliphatic rings. The molecular formula is C13H21NO5. The monoisotopic (exact) mass is 271 g/mol. The van der Waals surface area contributed by atoms with E-state index in [1.165, 1.54) is 0 Å². The van der Waals surface area contributed by atoms with Crippen molar-refractivity contribution in [2.24, 2.45) is 0 Å². The molecule has 0 unspecified atom stereocenters. The fourth-order valence-electron chi connectivity index (χ4n) is 1.71. The molecule has 6 heteroatoms. The van der Waals surface area contributed by atoms with Crippen molar-refractivity contribution in [2.75, 3.05) is 19.8 Å². The first-order valence-corrected chi connectivity index (χ1v) is 6.76. The van der Waals surface area contributed by atoms with Crippen molar-refractivity contribution in [2.45, 2.75) is 44.9 Å². The van der Waals surface area contributed by atoms with Crippen molar-refractivity contribution < 1.29 is 23.9 Å². The molecule has 0 aromatic carbocycles. The topological polar surface area (TPSA) is 81.7 Å². The van der Waals surface area contributed by atoms with E-state index in [1.54, 1.807) is 0 Å². The van der Waals surface area contributed by atoms with E-state index in [0.29, 0.717) is 13.0 Å². The Labute approximate surface area is 112 Å². The standard InChI is InChI=1S/C13H21NO5/c15-11-6-9-18-13(17)7-10-19-12(16)5-3-1-2-4-8-14-11/h1-10H2,(H,14,15). The van der Waals surface area contributed by atoms with Crippen molar-refractivity contribution in [3.8, 4) is 0 Å². The van der Waals surface area contributed by atoms with E-state index in [4.69, 9.17) is 9.47 Å². The third-order valence-corrected chi connectivity index (χ3v) is 2.79. The number of carbonyl (C=O) groups excluding carboxylic acids is 3. The predicted octanol–water partition coefficient (Wildman–Crippen LogP) is 0.933. The summed E-state index contributed by atoms with van der Waals surface area (Å²) in [4.78, 5) is 33.9. The number of cyclic esters (lactones) is 2. The summed E-state index contributed by atoms with van der Waals surface area (Å²) in [7, 11) is 0. The van der Waals surface area contributed by atoms with E-state index in [0.717, 1.165) is 25.7 Å². The zero-order valence-corrected chi connectivity index (χ0v) is 11.1. The number of hydrogen-bond acceptors (Lipinski definition) is 5. The average Bonchev–Trinajstić information content (AvgIpc) is 2.36. The van der Waals surface area contributed by atoms with E-state index in [1.807, 2.05) is 0 Å². The maximum atomic E-state index is 11.4. The summed E-state index contributed by atoms with van der Waals surface area (Å²) in [5.74, 6) is -0.827. The van der Waals surface area contributed by atoms with Gasteiger partial charge in [0.25, 0.3) is 0 Å². The molecule has 108 valence electrons. The lowest BCUT2D eigenvalue weighted by atomic mass is 10.1. The van der Waals surface area contributed by atoms with Gasteiger partial charge in [0.1, 0.15) is 13.2 Å². The van der Waals surface area contributed by atoms with Gasteiger partial charge < -0.3 is 14.8 Å². The third kappa shape index (κ3) is 8.18. The van der Waals surface area contributed by atoms with Crippen LogP contribution in [0.3, 0.4) is 0 Å². The van der Waals surface area contributed by atoms with Gasteiger partial charge >= 0.3 is 11.9 Å². The molecule has 0 saturated carbocycles. The summed E-state index contributed by atoms with van der Waals surface area (Å²) in [6, 6.07) is 0. The molecule has 6 nitrogen and oxygen atoms in total. The Kier molecular flexibility index (Phi) is 7.62. The second kappa shape index (κ2) is 9.35. The molecule has 1 saturated heterocycles. The van der Waals surface area contributed by atoms with Gasteiger partial charge in [0, 0.05) is 13.0 Å². The lowest BCUT2D eigenvalue weighted by Crippen LogP contribution is -2.26. The lowest BCUT2D eigenvalue weighted by Gasteiger charge is -2.08. The van der Waals surface area contributed by atoms with Crippen LogP contribution in [-0.2, 0) is 23.9 Å². The van der Waals surface area contributed by atoms with Gasteiger partial charge in [0.05, 0.1) is 12.8 Å². The van der Waals surface area contributed by atoms with Crippen LogP contribution in [0.15, 0.2) is 0 Å². The fourth-order valence-corrected chi connectivity index (χ4v) is 1.71. The molecule has 0 atom stereocenters. The lowest BCUT2D eigenvalue weighted by molar-refractivity contribution is -0.149. The number of ether oxygens (including phenoxy) is 2. The summed E-state index contributed by atoms with van der Waals surface area (Å²) < 4.78 is 9.77. The van der Waals surface area contributed by atoms with E-state index in [9.17, 15) is 14.4 Å². The Morgan fingerprint density at radius 1 is 0.737 bits per heavy atom. The molecule has 0 aromatic heterocycles. The van der Waals surface area contributed by atoms with E-state index < -0.39 is 5.97 Å². The van der Waals surface area contributed by atoms with E-state index in [2.05, 4.69) is 5.32 Å². The van der Waals surface area contributed by atoms with E-state index >= 15 is 0 Å². The highest BCUT2D eigenvalue weighted by Gasteiger charge is 2.09. The molecule has 1 N–H and O–H groups in total. The molecule has 1 fully saturated rings. The van der Waals surface area contributed by atoms with Gasteiger partial charge in [-0.25, -0.2) is 0 Å². The van der Waals surface area contributed by atoms with E-state index in [-0.39, 0.29) is 37.9 Å². The number of amides is 1. The maximum Gasteiger partial charge on any atom is 0.309 e. The van der Waals surface area contributed by atoms with Crippen LogP contribution in [0.4, 0.5) is 0 Å². The van der Waals surface area contributed by atoms with Gasteiger partial charge in [-0.15, -0.1) is 0 Å². The highest BCUT2D eigenvalue weighted by atomic mass is 16.5. The number of hydrogen-bond donors (Lipinski definition) is 1. The number of carbonyl (C=O) groups is 3. The second-order valence-corrected chi connectivity index (χ2v) is 4.46. The molecule has 1 rings (SSSR count). The number of rotatable bonds is 0. The molecule has 0 bridgehead atoms. The molecule has 1 aliphatic heterocycles. The summed E-state index contributed by atoms with van der Waals surface area (Å²) in [5, 5.41) is 2.77. The predicted molar refractivity (Wildman–Crippen MR) is 67.2 cm³/mol. The quantitative estimate of drug-likeness (QED) is 0.663. The molecule has 1 heterocycles.